The van der Waals surface area contributed by atoms with E-state index in [0.29, 0.717) is 11.5 Å². The normalized spacial score (nSPS) is 22.9. The van der Waals surface area contributed by atoms with E-state index in [0.717, 1.165) is 26.1 Å². The highest BCUT2D eigenvalue weighted by Crippen LogP contribution is 2.21. The van der Waals surface area contributed by atoms with Crippen LogP contribution in [0.3, 0.4) is 0 Å². The van der Waals surface area contributed by atoms with E-state index in [9.17, 15) is 0 Å². The molecule has 1 aromatic heterocycles. The predicted octanol–water partition coefficient (Wildman–Crippen LogP) is 2.40. The second-order valence-electron chi connectivity index (χ2n) is 6.26. The van der Waals surface area contributed by atoms with E-state index >= 15 is 0 Å². The summed E-state index contributed by atoms with van der Waals surface area (Å²) < 4.78 is 0. The quantitative estimate of drug-likeness (QED) is 0.911. The summed E-state index contributed by atoms with van der Waals surface area (Å²) in [6.45, 7) is 11.6. The van der Waals surface area contributed by atoms with E-state index in [-0.39, 0.29) is 0 Å². The monoisotopic (exact) mass is 267 g/mol. The molecule has 1 saturated heterocycles. The van der Waals surface area contributed by atoms with Gasteiger partial charge in [0.15, 0.2) is 0 Å². The van der Waals surface area contributed by atoms with Crippen LogP contribution in [0.5, 0.6) is 0 Å². The molecule has 0 spiro atoms. The molecule has 4 heteroatoms. The van der Waals surface area contributed by atoms with Crippen LogP contribution in [0, 0.1) is 5.41 Å². The molecule has 18 heavy (non-hydrogen) atoms. The van der Waals surface area contributed by atoms with E-state index in [4.69, 9.17) is 0 Å². The molecule has 1 aliphatic rings. The van der Waals surface area contributed by atoms with Gasteiger partial charge in [0.2, 0.25) is 0 Å². The highest BCUT2D eigenvalue weighted by molar-refractivity contribution is 7.07. The van der Waals surface area contributed by atoms with Crippen LogP contribution in [0.2, 0.25) is 0 Å². The topological polar surface area (TPSA) is 28.2 Å². The van der Waals surface area contributed by atoms with Crippen LogP contribution in [0.25, 0.3) is 0 Å². The third-order valence-corrected chi connectivity index (χ3v) is 4.33. The van der Waals surface area contributed by atoms with Gasteiger partial charge in [0, 0.05) is 30.9 Å². The summed E-state index contributed by atoms with van der Waals surface area (Å²) in [4.78, 5) is 6.96. The van der Waals surface area contributed by atoms with Crippen molar-refractivity contribution in [3.63, 3.8) is 0 Å². The zero-order valence-electron chi connectivity index (χ0n) is 11.8. The van der Waals surface area contributed by atoms with Gasteiger partial charge in [-0.3, -0.25) is 0 Å². The van der Waals surface area contributed by atoms with Crippen molar-refractivity contribution in [1.29, 1.82) is 0 Å². The van der Waals surface area contributed by atoms with Crippen LogP contribution >= 0.6 is 11.3 Å². The highest BCUT2D eigenvalue weighted by atomic mass is 32.1. The summed E-state index contributed by atoms with van der Waals surface area (Å²) in [5.74, 6) is 0. The molecule has 0 aromatic carbocycles. The SMILES string of the molecule is CC(C)(C)C1CN(CCc2cscn2)CCCN1. The van der Waals surface area contributed by atoms with Gasteiger partial charge in [-0.15, -0.1) is 11.3 Å². The second-order valence-corrected chi connectivity index (χ2v) is 6.98. The predicted molar refractivity (Wildman–Crippen MR) is 78.1 cm³/mol. The lowest BCUT2D eigenvalue weighted by Gasteiger charge is -2.33. The molecule has 1 fully saturated rings. The first-order chi connectivity index (χ1) is 8.55. The first-order valence-electron chi connectivity index (χ1n) is 6.88. The third-order valence-electron chi connectivity index (χ3n) is 3.70. The Kier molecular flexibility index (Phi) is 4.76. The molecule has 1 atom stereocenters. The van der Waals surface area contributed by atoms with Crippen molar-refractivity contribution in [3.8, 4) is 0 Å². The Morgan fingerprint density at radius 2 is 2.33 bits per heavy atom. The Hall–Kier alpha value is -0.450. The summed E-state index contributed by atoms with van der Waals surface area (Å²) in [6, 6.07) is 0.593. The third kappa shape index (κ3) is 4.04. The molecule has 3 nitrogen and oxygen atoms in total. The number of thiazole rings is 1. The smallest absolute Gasteiger partial charge is 0.0794 e. The van der Waals surface area contributed by atoms with Crippen molar-refractivity contribution < 1.29 is 0 Å². The molecule has 1 unspecified atom stereocenters. The Labute approximate surface area is 115 Å². The summed E-state index contributed by atoms with van der Waals surface area (Å²) >= 11 is 1.69. The molecular formula is C14H25N3S. The maximum atomic E-state index is 4.37. The average Bonchev–Trinajstić information content (AvgIpc) is 2.69. The minimum absolute atomic E-state index is 0.337. The molecule has 2 heterocycles. The van der Waals surface area contributed by atoms with Gasteiger partial charge in [-0.25, -0.2) is 4.98 Å². The molecule has 2 rings (SSSR count). The van der Waals surface area contributed by atoms with Crippen molar-refractivity contribution in [2.45, 2.75) is 39.7 Å². The molecule has 0 aliphatic carbocycles. The Bertz CT molecular complexity index is 342. The highest BCUT2D eigenvalue weighted by Gasteiger charge is 2.27. The lowest BCUT2D eigenvalue weighted by Crippen LogP contribution is -2.46. The van der Waals surface area contributed by atoms with Gasteiger partial charge in [-0.05, 0) is 24.9 Å². The van der Waals surface area contributed by atoms with Crippen molar-refractivity contribution >= 4 is 11.3 Å². The first kappa shape index (κ1) is 14.0. The molecule has 0 radical (unpaired) electrons. The zero-order chi connectivity index (χ0) is 13.0. The van der Waals surface area contributed by atoms with Gasteiger partial charge < -0.3 is 10.2 Å². The fraction of sp³-hybridized carbons (Fsp3) is 0.786. The van der Waals surface area contributed by atoms with Crippen LogP contribution in [-0.2, 0) is 6.42 Å². The van der Waals surface area contributed by atoms with Gasteiger partial charge in [0.1, 0.15) is 0 Å². The van der Waals surface area contributed by atoms with Crippen LogP contribution in [-0.4, -0.2) is 42.1 Å². The average molecular weight is 267 g/mol. The molecule has 1 aromatic rings. The fourth-order valence-electron chi connectivity index (χ4n) is 2.41. The molecule has 1 aliphatic heterocycles. The van der Waals surface area contributed by atoms with Gasteiger partial charge in [-0.2, -0.15) is 0 Å². The van der Waals surface area contributed by atoms with E-state index in [1.54, 1.807) is 11.3 Å². The molecule has 102 valence electrons. The van der Waals surface area contributed by atoms with Crippen molar-refractivity contribution in [3.05, 3.63) is 16.6 Å². The molecule has 0 saturated carbocycles. The second kappa shape index (κ2) is 6.13. The van der Waals surface area contributed by atoms with E-state index in [1.165, 1.54) is 18.7 Å². The molecular weight excluding hydrogens is 242 g/mol. The lowest BCUT2D eigenvalue weighted by molar-refractivity contribution is 0.198. The number of aromatic nitrogens is 1. The van der Waals surface area contributed by atoms with Gasteiger partial charge in [0.25, 0.3) is 0 Å². The van der Waals surface area contributed by atoms with Crippen molar-refractivity contribution in [2.75, 3.05) is 26.2 Å². The van der Waals surface area contributed by atoms with Gasteiger partial charge >= 0.3 is 0 Å². The number of hydrogen-bond acceptors (Lipinski definition) is 4. The summed E-state index contributed by atoms with van der Waals surface area (Å²) in [6.07, 6.45) is 2.34. The Balaban J connectivity index is 1.87. The number of hydrogen-bond donors (Lipinski definition) is 1. The van der Waals surface area contributed by atoms with Crippen LogP contribution < -0.4 is 5.32 Å². The van der Waals surface area contributed by atoms with Crippen LogP contribution in [0.1, 0.15) is 32.9 Å². The van der Waals surface area contributed by atoms with E-state index in [2.05, 4.69) is 41.4 Å². The van der Waals surface area contributed by atoms with E-state index < -0.39 is 0 Å². The van der Waals surface area contributed by atoms with Gasteiger partial charge in [-0.1, -0.05) is 20.8 Å². The Morgan fingerprint density at radius 1 is 1.50 bits per heavy atom. The number of rotatable bonds is 3. The van der Waals surface area contributed by atoms with Crippen molar-refractivity contribution in [1.82, 2.24) is 15.2 Å². The standard InChI is InChI=1S/C14H25N3S/c1-14(2,3)13-9-17(7-4-6-15-13)8-5-12-10-18-11-16-12/h10-11,13,15H,4-9H2,1-3H3. The first-order valence-corrected chi connectivity index (χ1v) is 7.83. The van der Waals surface area contributed by atoms with Crippen LogP contribution in [0.15, 0.2) is 10.9 Å². The van der Waals surface area contributed by atoms with Gasteiger partial charge in [0.05, 0.1) is 11.2 Å². The molecule has 0 amide bonds. The minimum atomic E-state index is 0.337. The summed E-state index contributed by atoms with van der Waals surface area (Å²) in [5.41, 5.74) is 3.50. The van der Waals surface area contributed by atoms with Crippen LogP contribution in [0.4, 0.5) is 0 Å². The zero-order valence-corrected chi connectivity index (χ0v) is 12.6. The summed E-state index contributed by atoms with van der Waals surface area (Å²) in [5, 5.41) is 5.85. The van der Waals surface area contributed by atoms with E-state index in [1.807, 2.05) is 5.51 Å². The minimum Gasteiger partial charge on any atom is -0.312 e. The van der Waals surface area contributed by atoms with Crippen molar-refractivity contribution in [2.24, 2.45) is 5.41 Å². The number of nitrogens with zero attached hydrogens (tertiary/aromatic N) is 2. The lowest BCUT2D eigenvalue weighted by atomic mass is 9.86. The maximum absolute atomic E-state index is 4.37. The number of nitrogens with one attached hydrogen (secondary N) is 1. The fourth-order valence-corrected chi connectivity index (χ4v) is 3.00. The largest absolute Gasteiger partial charge is 0.312 e. The molecule has 1 N–H and O–H groups in total. The maximum Gasteiger partial charge on any atom is 0.0794 e. The Morgan fingerprint density at radius 3 is 3.00 bits per heavy atom. The molecule has 0 bridgehead atoms. The summed E-state index contributed by atoms with van der Waals surface area (Å²) in [7, 11) is 0.